The summed E-state index contributed by atoms with van der Waals surface area (Å²) in [7, 11) is 0. The van der Waals surface area contributed by atoms with Gasteiger partial charge in [-0.05, 0) is 26.8 Å². The first kappa shape index (κ1) is 28.1. The number of pyridine rings is 2. The van der Waals surface area contributed by atoms with Crippen molar-refractivity contribution in [3.63, 3.8) is 0 Å². The van der Waals surface area contributed by atoms with Crippen LogP contribution in [0.2, 0.25) is 5.02 Å². The van der Waals surface area contributed by atoms with Crippen LogP contribution in [0.1, 0.15) is 42.6 Å². The first-order valence-corrected chi connectivity index (χ1v) is 11.3. The van der Waals surface area contributed by atoms with Crippen LogP contribution in [0.15, 0.2) is 23.1 Å². The molecule has 0 amide bonds. The van der Waals surface area contributed by atoms with E-state index in [0.29, 0.717) is 17.7 Å². The Morgan fingerprint density at radius 1 is 1.30 bits per heavy atom. The third-order valence-electron chi connectivity index (χ3n) is 5.12. The summed E-state index contributed by atoms with van der Waals surface area (Å²) >= 11 is 6.22. The first-order chi connectivity index (χ1) is 17.4. The van der Waals surface area contributed by atoms with E-state index >= 15 is 4.39 Å². The van der Waals surface area contributed by atoms with E-state index in [4.69, 9.17) is 21.1 Å². The standard InChI is InChI=1S/C22H22ClF4N5O5/c1-4-31-17(10-33)30-32(21(31)35)19-13(24)8-12(20(29-19)37-11(3)22(25,26)27)15(34)9-14-18(23)16(36-5-2)6-7-28-14/h6-8,11,33H,4-5,9-10H2,1-3H3/t11-/m0/s1. The van der Waals surface area contributed by atoms with E-state index < -0.39 is 59.9 Å². The number of aliphatic hydroxyl groups excluding tert-OH is 1. The molecule has 3 aromatic rings. The normalized spacial score (nSPS) is 12.5. The predicted octanol–water partition coefficient (Wildman–Crippen LogP) is 3.28. The van der Waals surface area contributed by atoms with E-state index in [2.05, 4.69) is 15.1 Å². The highest BCUT2D eigenvalue weighted by Gasteiger charge is 2.39. The van der Waals surface area contributed by atoms with Crippen molar-refractivity contribution in [1.82, 2.24) is 24.3 Å². The van der Waals surface area contributed by atoms with Gasteiger partial charge >= 0.3 is 11.9 Å². The topological polar surface area (TPSA) is 121 Å². The number of alkyl halides is 3. The molecule has 0 radical (unpaired) electrons. The Labute approximate surface area is 212 Å². The van der Waals surface area contributed by atoms with Gasteiger partial charge in [-0.15, -0.1) is 5.10 Å². The summed E-state index contributed by atoms with van der Waals surface area (Å²) in [5, 5.41) is 13.2. The van der Waals surface area contributed by atoms with Crippen molar-refractivity contribution in [1.29, 1.82) is 0 Å². The summed E-state index contributed by atoms with van der Waals surface area (Å²) in [6, 6.07) is 2.06. The van der Waals surface area contributed by atoms with E-state index in [-0.39, 0.29) is 35.4 Å². The summed E-state index contributed by atoms with van der Waals surface area (Å²) in [5.74, 6) is -3.75. The van der Waals surface area contributed by atoms with Crippen LogP contribution in [-0.2, 0) is 19.6 Å². The van der Waals surface area contributed by atoms with Crippen molar-refractivity contribution in [3.05, 3.63) is 56.7 Å². The molecule has 0 aromatic carbocycles. The van der Waals surface area contributed by atoms with E-state index in [1.807, 2.05) is 0 Å². The quantitative estimate of drug-likeness (QED) is 0.303. The highest BCUT2D eigenvalue weighted by molar-refractivity contribution is 6.32. The molecule has 1 N–H and O–H groups in total. The summed E-state index contributed by atoms with van der Waals surface area (Å²) in [6.45, 7) is 3.61. The average Bonchev–Trinajstić information content (AvgIpc) is 3.16. The molecular formula is C22H22ClF4N5O5. The lowest BCUT2D eigenvalue weighted by Crippen LogP contribution is -2.32. The fourth-order valence-electron chi connectivity index (χ4n) is 3.25. The Morgan fingerprint density at radius 2 is 2.00 bits per heavy atom. The van der Waals surface area contributed by atoms with Crippen LogP contribution in [-0.4, -0.2) is 54.1 Å². The van der Waals surface area contributed by atoms with Crippen molar-refractivity contribution < 1.29 is 36.9 Å². The maximum absolute atomic E-state index is 15.1. The fourth-order valence-corrected chi connectivity index (χ4v) is 3.48. The zero-order valence-corrected chi connectivity index (χ0v) is 20.6. The second kappa shape index (κ2) is 11.3. The number of ketones is 1. The molecule has 3 heterocycles. The number of aliphatic hydroxyl groups is 1. The lowest BCUT2D eigenvalue weighted by atomic mass is 10.1. The van der Waals surface area contributed by atoms with E-state index in [1.165, 1.54) is 12.3 Å². The van der Waals surface area contributed by atoms with Crippen molar-refractivity contribution in [3.8, 4) is 17.4 Å². The smallest absolute Gasteiger partial charge is 0.425 e. The van der Waals surface area contributed by atoms with Gasteiger partial charge in [0.2, 0.25) is 5.88 Å². The molecule has 37 heavy (non-hydrogen) atoms. The molecule has 10 nitrogen and oxygen atoms in total. The molecule has 0 bridgehead atoms. The molecule has 1 atom stereocenters. The molecule has 0 unspecified atom stereocenters. The second-order valence-corrected chi connectivity index (χ2v) is 7.94. The Balaban J connectivity index is 2.12. The molecule has 3 rings (SSSR count). The molecule has 0 aliphatic heterocycles. The molecule has 3 aromatic heterocycles. The minimum atomic E-state index is -4.85. The number of carbonyl (C=O) groups is 1. The van der Waals surface area contributed by atoms with E-state index in [1.54, 1.807) is 13.8 Å². The van der Waals surface area contributed by atoms with Crippen molar-refractivity contribution in [2.75, 3.05) is 6.61 Å². The molecule has 0 saturated heterocycles. The van der Waals surface area contributed by atoms with Gasteiger partial charge in [-0.3, -0.25) is 14.3 Å². The molecule has 0 aliphatic rings. The van der Waals surface area contributed by atoms with Gasteiger partial charge in [-0.25, -0.2) is 9.18 Å². The molecule has 0 saturated carbocycles. The lowest BCUT2D eigenvalue weighted by molar-refractivity contribution is -0.190. The summed E-state index contributed by atoms with van der Waals surface area (Å²) in [5.41, 5.74) is -1.51. The highest BCUT2D eigenvalue weighted by Crippen LogP contribution is 2.31. The highest BCUT2D eigenvalue weighted by atomic mass is 35.5. The number of ether oxygens (including phenoxy) is 2. The lowest BCUT2D eigenvalue weighted by Gasteiger charge is -2.19. The summed E-state index contributed by atoms with van der Waals surface area (Å²) < 4.78 is 66.6. The molecule has 0 spiro atoms. The van der Waals surface area contributed by atoms with Gasteiger partial charge < -0.3 is 14.6 Å². The van der Waals surface area contributed by atoms with Crippen LogP contribution in [0.3, 0.4) is 0 Å². The maximum atomic E-state index is 15.1. The van der Waals surface area contributed by atoms with Crippen LogP contribution in [0.5, 0.6) is 11.6 Å². The van der Waals surface area contributed by atoms with Crippen molar-refractivity contribution >= 4 is 17.4 Å². The molecule has 0 aliphatic carbocycles. The number of hydrogen-bond acceptors (Lipinski definition) is 8. The number of Topliss-reactive ketones (excluding diaryl/α,β-unsaturated/α-hetero) is 1. The monoisotopic (exact) mass is 547 g/mol. The molecule has 0 fully saturated rings. The van der Waals surface area contributed by atoms with E-state index in [0.717, 1.165) is 4.57 Å². The van der Waals surface area contributed by atoms with Gasteiger partial charge in [0, 0.05) is 18.8 Å². The molecular weight excluding hydrogens is 526 g/mol. The minimum Gasteiger partial charge on any atom is -0.492 e. The van der Waals surface area contributed by atoms with Crippen LogP contribution in [0.4, 0.5) is 17.6 Å². The number of hydrogen-bond donors (Lipinski definition) is 1. The predicted molar refractivity (Wildman–Crippen MR) is 122 cm³/mol. The average molecular weight is 548 g/mol. The second-order valence-electron chi connectivity index (χ2n) is 7.56. The van der Waals surface area contributed by atoms with Crippen LogP contribution in [0, 0.1) is 5.82 Å². The van der Waals surface area contributed by atoms with Crippen molar-refractivity contribution in [2.24, 2.45) is 0 Å². The number of aromatic nitrogens is 5. The first-order valence-electron chi connectivity index (χ1n) is 11.0. The summed E-state index contributed by atoms with van der Waals surface area (Å²) in [4.78, 5) is 33.4. The van der Waals surface area contributed by atoms with Crippen LogP contribution < -0.4 is 15.2 Å². The minimum absolute atomic E-state index is 0.00192. The Kier molecular flexibility index (Phi) is 8.53. The van der Waals surface area contributed by atoms with Crippen LogP contribution in [0.25, 0.3) is 5.82 Å². The zero-order chi connectivity index (χ0) is 27.5. The number of halogens is 5. The summed E-state index contributed by atoms with van der Waals surface area (Å²) in [6.07, 6.45) is -6.51. The SMILES string of the molecule is CCOc1ccnc(CC(=O)c2cc(F)c(-n3nc(CO)n(CC)c3=O)nc2O[C@@H](C)C(F)(F)F)c1Cl. The third kappa shape index (κ3) is 5.91. The van der Waals surface area contributed by atoms with Gasteiger partial charge in [0.25, 0.3) is 0 Å². The Hall–Kier alpha value is -3.52. The van der Waals surface area contributed by atoms with Crippen molar-refractivity contribution in [2.45, 2.75) is 52.6 Å². The Bertz CT molecular complexity index is 1360. The molecule has 15 heteroatoms. The maximum Gasteiger partial charge on any atom is 0.425 e. The Morgan fingerprint density at radius 3 is 2.57 bits per heavy atom. The van der Waals surface area contributed by atoms with E-state index in [9.17, 15) is 27.9 Å². The molecule has 200 valence electrons. The van der Waals surface area contributed by atoms with Crippen LogP contribution >= 0.6 is 11.6 Å². The van der Waals surface area contributed by atoms with Gasteiger partial charge in [-0.1, -0.05) is 11.6 Å². The third-order valence-corrected chi connectivity index (χ3v) is 5.53. The van der Waals surface area contributed by atoms with Gasteiger partial charge in [0.05, 0.1) is 24.3 Å². The fraction of sp³-hybridized carbons (Fsp3) is 0.409. The van der Waals surface area contributed by atoms with Gasteiger partial charge in [0.15, 0.2) is 29.3 Å². The van der Waals surface area contributed by atoms with Gasteiger partial charge in [-0.2, -0.15) is 22.8 Å². The largest absolute Gasteiger partial charge is 0.492 e. The van der Waals surface area contributed by atoms with Gasteiger partial charge in [0.1, 0.15) is 17.4 Å². The zero-order valence-electron chi connectivity index (χ0n) is 19.8. The number of rotatable bonds is 10. The number of nitrogens with zero attached hydrogens (tertiary/aromatic N) is 5. The number of carbonyl (C=O) groups excluding carboxylic acids is 1.